The minimum atomic E-state index is 0.197. The van der Waals surface area contributed by atoms with Crippen LogP contribution in [-0.4, -0.2) is 52.4 Å². The number of carbonyl (C=O) groups is 1. The molecule has 2 aromatic heterocycles. The molecule has 1 aliphatic rings. The second kappa shape index (κ2) is 6.62. The zero-order valence-electron chi connectivity index (χ0n) is 13.1. The lowest BCUT2D eigenvalue weighted by Gasteiger charge is -2.25. The van der Waals surface area contributed by atoms with Crippen molar-refractivity contribution in [1.82, 2.24) is 19.4 Å². The summed E-state index contributed by atoms with van der Waals surface area (Å²) < 4.78 is 2.19. The van der Waals surface area contributed by atoms with Gasteiger partial charge in [-0.15, -0.1) is 11.3 Å². The third-order valence-electron chi connectivity index (χ3n) is 3.95. The van der Waals surface area contributed by atoms with Crippen LogP contribution in [-0.2, 0) is 24.3 Å². The zero-order valence-corrected chi connectivity index (χ0v) is 13.9. The third-order valence-corrected chi connectivity index (χ3v) is 4.83. The SMILES string of the molecule is CN(C)C[C@@H]1CN(C(=O)Cc2cccs2)Cc2nccn2C1. The zero-order chi connectivity index (χ0) is 15.5. The van der Waals surface area contributed by atoms with Crippen LogP contribution >= 0.6 is 11.3 Å². The topological polar surface area (TPSA) is 41.4 Å². The highest BCUT2D eigenvalue weighted by Crippen LogP contribution is 2.18. The Morgan fingerprint density at radius 2 is 2.32 bits per heavy atom. The molecule has 0 saturated heterocycles. The maximum atomic E-state index is 12.7. The molecule has 3 heterocycles. The molecule has 2 aromatic rings. The van der Waals surface area contributed by atoms with E-state index < -0.39 is 0 Å². The first-order valence-electron chi connectivity index (χ1n) is 7.56. The Balaban J connectivity index is 1.76. The summed E-state index contributed by atoms with van der Waals surface area (Å²) >= 11 is 1.64. The van der Waals surface area contributed by atoms with Gasteiger partial charge in [0.15, 0.2) is 0 Å². The summed E-state index contributed by atoms with van der Waals surface area (Å²) in [5, 5.41) is 2.02. The maximum absolute atomic E-state index is 12.7. The molecule has 0 N–H and O–H groups in total. The van der Waals surface area contributed by atoms with Crippen molar-refractivity contribution >= 4 is 17.2 Å². The molecular weight excluding hydrogens is 296 g/mol. The monoisotopic (exact) mass is 318 g/mol. The van der Waals surface area contributed by atoms with E-state index in [4.69, 9.17) is 0 Å². The van der Waals surface area contributed by atoms with Crippen molar-refractivity contribution in [3.05, 3.63) is 40.6 Å². The summed E-state index contributed by atoms with van der Waals surface area (Å²) in [6, 6.07) is 4.02. The van der Waals surface area contributed by atoms with Gasteiger partial charge in [-0.05, 0) is 25.5 Å². The highest BCUT2D eigenvalue weighted by molar-refractivity contribution is 7.10. The van der Waals surface area contributed by atoms with Gasteiger partial charge in [-0.3, -0.25) is 4.79 Å². The Morgan fingerprint density at radius 1 is 1.45 bits per heavy atom. The molecule has 6 heteroatoms. The van der Waals surface area contributed by atoms with Gasteiger partial charge in [-0.1, -0.05) is 6.07 Å². The van der Waals surface area contributed by atoms with Crippen molar-refractivity contribution in [2.75, 3.05) is 27.2 Å². The van der Waals surface area contributed by atoms with E-state index in [1.54, 1.807) is 11.3 Å². The smallest absolute Gasteiger partial charge is 0.228 e. The lowest BCUT2D eigenvalue weighted by molar-refractivity contribution is -0.131. The van der Waals surface area contributed by atoms with Crippen molar-refractivity contribution in [2.24, 2.45) is 5.92 Å². The van der Waals surface area contributed by atoms with Crippen LogP contribution in [0, 0.1) is 5.92 Å². The number of amides is 1. The Morgan fingerprint density at radius 3 is 3.05 bits per heavy atom. The lowest BCUT2D eigenvalue weighted by Crippen LogP contribution is -2.38. The fourth-order valence-corrected chi connectivity index (χ4v) is 3.73. The predicted molar refractivity (Wildman–Crippen MR) is 87.7 cm³/mol. The second-order valence-electron chi connectivity index (χ2n) is 6.15. The molecule has 1 aliphatic heterocycles. The third kappa shape index (κ3) is 3.56. The van der Waals surface area contributed by atoms with Crippen LogP contribution in [0.15, 0.2) is 29.9 Å². The first-order chi connectivity index (χ1) is 10.6. The Labute approximate surface area is 135 Å². The molecule has 22 heavy (non-hydrogen) atoms. The van der Waals surface area contributed by atoms with Crippen LogP contribution in [0.25, 0.3) is 0 Å². The summed E-state index contributed by atoms with van der Waals surface area (Å²) in [7, 11) is 4.16. The average molecular weight is 318 g/mol. The minimum Gasteiger partial charge on any atom is -0.335 e. The minimum absolute atomic E-state index is 0.197. The number of aromatic nitrogens is 2. The van der Waals surface area contributed by atoms with Gasteiger partial charge >= 0.3 is 0 Å². The van der Waals surface area contributed by atoms with Gasteiger partial charge in [0.05, 0.1) is 13.0 Å². The molecule has 0 saturated carbocycles. The van der Waals surface area contributed by atoms with Crippen LogP contribution in [0.4, 0.5) is 0 Å². The molecule has 118 valence electrons. The first-order valence-corrected chi connectivity index (χ1v) is 8.44. The van der Waals surface area contributed by atoms with Gasteiger partial charge in [0, 0.05) is 42.8 Å². The van der Waals surface area contributed by atoms with Crippen LogP contribution < -0.4 is 0 Å². The van der Waals surface area contributed by atoms with E-state index in [1.165, 1.54) is 0 Å². The molecule has 0 fully saturated rings. The van der Waals surface area contributed by atoms with E-state index in [2.05, 4.69) is 28.5 Å². The maximum Gasteiger partial charge on any atom is 0.228 e. The van der Waals surface area contributed by atoms with Crippen LogP contribution in [0.5, 0.6) is 0 Å². The fraction of sp³-hybridized carbons (Fsp3) is 0.500. The Kier molecular flexibility index (Phi) is 4.59. The molecule has 3 rings (SSSR count). The summed E-state index contributed by atoms with van der Waals surface area (Å²) in [5.74, 6) is 1.61. The fourth-order valence-electron chi connectivity index (χ4n) is 3.04. The average Bonchev–Trinajstić information content (AvgIpc) is 3.07. The Hall–Kier alpha value is -1.66. The molecule has 5 nitrogen and oxygen atoms in total. The normalized spacial score (nSPS) is 18.3. The van der Waals surface area contributed by atoms with E-state index in [1.807, 2.05) is 34.8 Å². The molecule has 1 amide bonds. The molecule has 0 bridgehead atoms. The van der Waals surface area contributed by atoms with E-state index >= 15 is 0 Å². The number of thiophene rings is 1. The molecule has 0 aliphatic carbocycles. The number of nitrogens with zero attached hydrogens (tertiary/aromatic N) is 4. The van der Waals surface area contributed by atoms with Crippen LogP contribution in [0.3, 0.4) is 0 Å². The quantitative estimate of drug-likeness (QED) is 0.862. The largest absolute Gasteiger partial charge is 0.335 e. The number of hydrogen-bond acceptors (Lipinski definition) is 4. The van der Waals surface area contributed by atoms with Gasteiger partial charge in [-0.25, -0.2) is 4.98 Å². The van der Waals surface area contributed by atoms with Crippen molar-refractivity contribution in [3.63, 3.8) is 0 Å². The molecule has 0 spiro atoms. The van der Waals surface area contributed by atoms with Crippen molar-refractivity contribution < 1.29 is 4.79 Å². The molecular formula is C16H22N4OS. The van der Waals surface area contributed by atoms with Gasteiger partial charge in [-0.2, -0.15) is 0 Å². The van der Waals surface area contributed by atoms with Gasteiger partial charge < -0.3 is 14.4 Å². The molecule has 0 radical (unpaired) electrons. The van der Waals surface area contributed by atoms with Crippen molar-refractivity contribution in [2.45, 2.75) is 19.5 Å². The molecule has 1 atom stereocenters. The number of rotatable bonds is 4. The van der Waals surface area contributed by atoms with E-state index in [0.717, 1.165) is 30.3 Å². The second-order valence-corrected chi connectivity index (χ2v) is 7.19. The molecule has 0 aromatic carbocycles. The van der Waals surface area contributed by atoms with E-state index in [9.17, 15) is 4.79 Å². The molecule has 0 unspecified atom stereocenters. The van der Waals surface area contributed by atoms with Crippen molar-refractivity contribution in [1.29, 1.82) is 0 Å². The lowest BCUT2D eigenvalue weighted by atomic mass is 10.1. The highest BCUT2D eigenvalue weighted by Gasteiger charge is 2.26. The number of imidazole rings is 1. The van der Waals surface area contributed by atoms with Gasteiger partial charge in [0.25, 0.3) is 0 Å². The first kappa shape index (κ1) is 15.2. The van der Waals surface area contributed by atoms with E-state index in [-0.39, 0.29) is 5.91 Å². The summed E-state index contributed by atoms with van der Waals surface area (Å²) in [6.07, 6.45) is 4.34. The number of carbonyl (C=O) groups excluding carboxylic acids is 1. The summed E-state index contributed by atoms with van der Waals surface area (Å²) in [5.41, 5.74) is 0. The standard InChI is InChI=1S/C16H22N4OS/c1-18(2)9-13-10-19-6-5-17-15(19)12-20(11-13)16(21)8-14-4-3-7-22-14/h3-7,13H,8-12H2,1-2H3/t13-/m0/s1. The van der Waals surface area contributed by atoms with Gasteiger partial charge in [0.2, 0.25) is 5.91 Å². The van der Waals surface area contributed by atoms with Crippen LogP contribution in [0.2, 0.25) is 0 Å². The van der Waals surface area contributed by atoms with Crippen LogP contribution in [0.1, 0.15) is 10.7 Å². The summed E-state index contributed by atoms with van der Waals surface area (Å²) in [4.78, 5) is 22.4. The summed E-state index contributed by atoms with van der Waals surface area (Å²) in [6.45, 7) is 3.31. The van der Waals surface area contributed by atoms with Gasteiger partial charge in [0.1, 0.15) is 5.82 Å². The van der Waals surface area contributed by atoms with Crippen molar-refractivity contribution in [3.8, 4) is 0 Å². The Bertz CT molecular complexity index is 620. The predicted octanol–water partition coefficient (Wildman–Crippen LogP) is 1.71. The number of fused-ring (bicyclic) bond motifs is 1. The highest BCUT2D eigenvalue weighted by atomic mass is 32.1. The number of hydrogen-bond donors (Lipinski definition) is 0. The van der Waals surface area contributed by atoms with E-state index in [0.29, 0.717) is 18.9 Å².